The minimum Gasteiger partial charge on any atom is -0.478 e. The van der Waals surface area contributed by atoms with E-state index in [1.807, 2.05) is 19.1 Å². The fourth-order valence-electron chi connectivity index (χ4n) is 2.39. The maximum absolute atomic E-state index is 11.2. The molecule has 2 rings (SSSR count). The molecule has 1 fully saturated rings. The molecule has 0 amide bonds. The molecule has 1 saturated heterocycles. The highest BCUT2D eigenvalue weighted by Crippen LogP contribution is 2.29. The summed E-state index contributed by atoms with van der Waals surface area (Å²) in [5.41, 5.74) is 2.56. The van der Waals surface area contributed by atoms with Crippen LogP contribution in [0.3, 0.4) is 0 Å². The standard InChI is InChI=1S/C15H18BrNO2/c1-2-11(15(18)19)9-12-10-13(16)5-6-14(12)17-7-3-4-8-17/h5-6,9-10H,2-4,7-8H2,1H3,(H,18,19)/b11-9+. The van der Waals surface area contributed by atoms with E-state index < -0.39 is 5.97 Å². The lowest BCUT2D eigenvalue weighted by Crippen LogP contribution is -2.18. The number of hydrogen-bond acceptors (Lipinski definition) is 2. The Balaban J connectivity index is 2.42. The summed E-state index contributed by atoms with van der Waals surface area (Å²) in [6.07, 6.45) is 4.74. The first kappa shape index (κ1) is 14.1. The Morgan fingerprint density at radius 3 is 2.68 bits per heavy atom. The second-order valence-electron chi connectivity index (χ2n) is 4.73. The van der Waals surface area contributed by atoms with Crippen molar-refractivity contribution in [2.45, 2.75) is 26.2 Å². The van der Waals surface area contributed by atoms with Gasteiger partial charge in [-0.25, -0.2) is 4.79 Å². The Kier molecular flexibility index (Phi) is 4.64. The molecule has 1 aliphatic rings. The molecule has 102 valence electrons. The topological polar surface area (TPSA) is 40.5 Å². The van der Waals surface area contributed by atoms with Gasteiger partial charge in [-0.1, -0.05) is 22.9 Å². The Hall–Kier alpha value is -1.29. The van der Waals surface area contributed by atoms with E-state index in [4.69, 9.17) is 5.11 Å². The minimum absolute atomic E-state index is 0.443. The molecule has 0 spiro atoms. The number of carboxylic acid groups (broad SMARTS) is 1. The molecule has 0 unspecified atom stereocenters. The second kappa shape index (κ2) is 6.24. The summed E-state index contributed by atoms with van der Waals surface area (Å²) in [6, 6.07) is 6.07. The van der Waals surface area contributed by atoms with Crippen LogP contribution in [0.5, 0.6) is 0 Å². The third kappa shape index (κ3) is 3.38. The fourth-order valence-corrected chi connectivity index (χ4v) is 2.77. The molecular weight excluding hydrogens is 306 g/mol. The summed E-state index contributed by atoms with van der Waals surface area (Å²) >= 11 is 3.46. The van der Waals surface area contributed by atoms with Crippen molar-refractivity contribution in [3.8, 4) is 0 Å². The first-order valence-electron chi connectivity index (χ1n) is 6.60. The van der Waals surface area contributed by atoms with E-state index in [0.717, 1.165) is 28.8 Å². The van der Waals surface area contributed by atoms with Crippen LogP contribution in [0.15, 0.2) is 28.2 Å². The zero-order valence-electron chi connectivity index (χ0n) is 11.0. The molecule has 3 nitrogen and oxygen atoms in total. The van der Waals surface area contributed by atoms with Crippen molar-refractivity contribution in [1.29, 1.82) is 0 Å². The van der Waals surface area contributed by atoms with Gasteiger partial charge in [0.05, 0.1) is 0 Å². The average Bonchev–Trinajstić information content (AvgIpc) is 2.89. The van der Waals surface area contributed by atoms with Gasteiger partial charge in [0.15, 0.2) is 0 Å². The second-order valence-corrected chi connectivity index (χ2v) is 5.64. The van der Waals surface area contributed by atoms with Crippen molar-refractivity contribution in [2.75, 3.05) is 18.0 Å². The summed E-state index contributed by atoms with van der Waals surface area (Å²) < 4.78 is 0.975. The first-order valence-corrected chi connectivity index (χ1v) is 7.39. The number of aliphatic carboxylic acids is 1. The maximum atomic E-state index is 11.2. The van der Waals surface area contributed by atoms with Gasteiger partial charge < -0.3 is 10.0 Å². The molecule has 0 radical (unpaired) electrons. The van der Waals surface area contributed by atoms with Crippen molar-refractivity contribution < 1.29 is 9.90 Å². The molecule has 0 aliphatic carbocycles. The SMILES string of the molecule is CC/C(=C\c1cc(Br)ccc1N1CCCC1)C(=O)O. The quantitative estimate of drug-likeness (QED) is 0.853. The summed E-state index contributed by atoms with van der Waals surface area (Å²) in [5, 5.41) is 9.17. The Morgan fingerprint density at radius 2 is 2.11 bits per heavy atom. The lowest BCUT2D eigenvalue weighted by atomic mass is 10.1. The smallest absolute Gasteiger partial charge is 0.331 e. The van der Waals surface area contributed by atoms with Crippen LogP contribution in [0.2, 0.25) is 0 Å². The van der Waals surface area contributed by atoms with Gasteiger partial charge in [0, 0.05) is 28.8 Å². The van der Waals surface area contributed by atoms with Crippen LogP contribution < -0.4 is 4.90 Å². The van der Waals surface area contributed by atoms with Crippen molar-refractivity contribution in [1.82, 2.24) is 0 Å². The highest BCUT2D eigenvalue weighted by atomic mass is 79.9. The third-order valence-electron chi connectivity index (χ3n) is 3.42. The molecule has 0 bridgehead atoms. The molecular formula is C15H18BrNO2. The van der Waals surface area contributed by atoms with Crippen LogP contribution >= 0.6 is 15.9 Å². The zero-order chi connectivity index (χ0) is 13.8. The van der Waals surface area contributed by atoms with E-state index in [1.165, 1.54) is 12.8 Å². The van der Waals surface area contributed by atoms with Crippen LogP contribution in [0, 0.1) is 0 Å². The highest BCUT2D eigenvalue weighted by molar-refractivity contribution is 9.10. The van der Waals surface area contributed by atoms with Crippen molar-refractivity contribution in [3.05, 3.63) is 33.8 Å². The number of benzene rings is 1. The largest absolute Gasteiger partial charge is 0.478 e. The molecule has 1 aromatic carbocycles. The highest BCUT2D eigenvalue weighted by Gasteiger charge is 2.16. The van der Waals surface area contributed by atoms with Gasteiger partial charge >= 0.3 is 5.97 Å². The number of anilines is 1. The van der Waals surface area contributed by atoms with E-state index >= 15 is 0 Å². The Bertz CT molecular complexity index is 505. The Morgan fingerprint density at radius 1 is 1.42 bits per heavy atom. The van der Waals surface area contributed by atoms with Gasteiger partial charge in [-0.3, -0.25) is 0 Å². The summed E-state index contributed by atoms with van der Waals surface area (Å²) in [4.78, 5) is 13.5. The summed E-state index contributed by atoms with van der Waals surface area (Å²) in [7, 11) is 0. The minimum atomic E-state index is -0.838. The molecule has 0 aromatic heterocycles. The summed E-state index contributed by atoms with van der Waals surface area (Å²) in [6.45, 7) is 3.97. The number of rotatable bonds is 4. The van der Waals surface area contributed by atoms with Crippen LogP contribution in [0.25, 0.3) is 6.08 Å². The molecule has 19 heavy (non-hydrogen) atoms. The van der Waals surface area contributed by atoms with E-state index in [9.17, 15) is 4.79 Å². The predicted molar refractivity (Wildman–Crippen MR) is 81.5 cm³/mol. The van der Waals surface area contributed by atoms with Crippen molar-refractivity contribution in [3.63, 3.8) is 0 Å². The van der Waals surface area contributed by atoms with Crippen LogP contribution in [0.4, 0.5) is 5.69 Å². The molecule has 1 N–H and O–H groups in total. The number of halogens is 1. The summed E-state index contributed by atoms with van der Waals surface area (Å²) in [5.74, 6) is -0.838. The molecule has 1 heterocycles. The first-order chi connectivity index (χ1) is 9.11. The van der Waals surface area contributed by atoms with E-state index in [-0.39, 0.29) is 0 Å². The Labute approximate surface area is 122 Å². The maximum Gasteiger partial charge on any atom is 0.331 e. The van der Waals surface area contributed by atoms with Crippen molar-refractivity contribution >= 4 is 33.7 Å². The van der Waals surface area contributed by atoms with E-state index in [1.54, 1.807) is 6.08 Å². The zero-order valence-corrected chi connectivity index (χ0v) is 12.6. The third-order valence-corrected chi connectivity index (χ3v) is 3.91. The fraction of sp³-hybridized carbons (Fsp3) is 0.400. The number of hydrogen-bond donors (Lipinski definition) is 1. The predicted octanol–water partition coefficient (Wildman–Crippen LogP) is 3.93. The van der Waals surface area contributed by atoms with E-state index in [0.29, 0.717) is 12.0 Å². The van der Waals surface area contributed by atoms with Crippen LogP contribution in [-0.2, 0) is 4.79 Å². The van der Waals surface area contributed by atoms with Gasteiger partial charge in [-0.05, 0) is 49.1 Å². The van der Waals surface area contributed by atoms with E-state index in [2.05, 4.69) is 26.9 Å². The molecule has 1 aromatic rings. The van der Waals surface area contributed by atoms with Gasteiger partial charge in [-0.15, -0.1) is 0 Å². The van der Waals surface area contributed by atoms with Crippen LogP contribution in [-0.4, -0.2) is 24.2 Å². The lowest BCUT2D eigenvalue weighted by Gasteiger charge is -2.20. The van der Waals surface area contributed by atoms with Gasteiger partial charge in [0.25, 0.3) is 0 Å². The number of nitrogens with zero attached hydrogens (tertiary/aromatic N) is 1. The van der Waals surface area contributed by atoms with Crippen LogP contribution in [0.1, 0.15) is 31.7 Å². The normalized spacial score (nSPS) is 15.9. The monoisotopic (exact) mass is 323 g/mol. The lowest BCUT2D eigenvalue weighted by molar-refractivity contribution is -0.132. The molecule has 0 atom stereocenters. The number of carbonyl (C=O) groups is 1. The van der Waals surface area contributed by atoms with Gasteiger partial charge in [0.1, 0.15) is 0 Å². The van der Waals surface area contributed by atoms with Crippen molar-refractivity contribution in [2.24, 2.45) is 0 Å². The average molecular weight is 324 g/mol. The van der Waals surface area contributed by atoms with Gasteiger partial charge in [-0.2, -0.15) is 0 Å². The van der Waals surface area contributed by atoms with Gasteiger partial charge in [0.2, 0.25) is 0 Å². The number of carboxylic acids is 1. The molecule has 1 aliphatic heterocycles. The molecule has 0 saturated carbocycles. The molecule has 4 heteroatoms.